The van der Waals surface area contributed by atoms with E-state index in [4.69, 9.17) is 23.3 Å². The van der Waals surface area contributed by atoms with E-state index in [1.165, 1.54) is 0 Å². The van der Waals surface area contributed by atoms with E-state index in [1.54, 1.807) is 0 Å². The van der Waals surface area contributed by atoms with Gasteiger partial charge in [0.25, 0.3) is 0 Å². The Kier molecular flexibility index (Phi) is 45.5. The summed E-state index contributed by atoms with van der Waals surface area (Å²) in [6.45, 7) is 30.4. The first-order valence-electron chi connectivity index (χ1n) is 5.16. The number of anilines is 1. The summed E-state index contributed by atoms with van der Waals surface area (Å²) in [5.41, 5.74) is 3.34. The average Bonchev–Trinajstić information content (AvgIpc) is 2.63. The van der Waals surface area contributed by atoms with Crippen molar-refractivity contribution in [3.05, 3.63) is 69.7 Å². The van der Waals surface area contributed by atoms with Gasteiger partial charge in [-0.1, -0.05) is 0 Å². The number of allylic oxidation sites excluding steroid dienone is 1. The van der Waals surface area contributed by atoms with Gasteiger partial charge < -0.3 is 0 Å². The predicted octanol–water partition coefficient (Wildman–Crippen LogP) is 2.64. The molecule has 0 saturated carbocycles. The molecule has 1 rings (SSSR count). The fourth-order valence-corrected chi connectivity index (χ4v) is 1.33. The SMILES string of the molecule is C=C(C)c1ccccc1N[C](C)=[Cr].[C-]#[O+].[C-]#[O+].[C-]#[O+].[C-]#[O+].[C-]#[O+]. The van der Waals surface area contributed by atoms with Crippen LogP contribution in [0.4, 0.5) is 5.69 Å². The van der Waals surface area contributed by atoms with Gasteiger partial charge in [0, 0.05) is 0 Å². The number of nitrogens with one attached hydrogen (secondary N) is 1. The van der Waals surface area contributed by atoms with Crippen molar-refractivity contribution in [3.63, 3.8) is 0 Å². The van der Waals surface area contributed by atoms with Crippen molar-refractivity contribution in [2.24, 2.45) is 0 Å². The number of benzene rings is 1. The van der Waals surface area contributed by atoms with Gasteiger partial charge in [-0.25, -0.2) is 0 Å². The molecular weight excluding hydrogens is 338 g/mol. The van der Waals surface area contributed by atoms with Crippen LogP contribution >= 0.6 is 0 Å². The van der Waals surface area contributed by atoms with Crippen molar-refractivity contribution in [2.45, 2.75) is 13.8 Å². The van der Waals surface area contributed by atoms with E-state index in [0.717, 1.165) is 21.3 Å². The molecular formula is C16H13CrNO5. The molecule has 1 N–H and O–H groups in total. The van der Waals surface area contributed by atoms with Crippen LogP contribution in [-0.4, -0.2) is 4.50 Å². The summed E-state index contributed by atoms with van der Waals surface area (Å²) in [5.74, 6) is 0. The molecule has 0 unspecified atom stereocenters. The maximum atomic E-state index is 7.50. The summed E-state index contributed by atoms with van der Waals surface area (Å²) in [7, 11) is 0. The molecule has 0 aliphatic rings. The third kappa shape index (κ3) is 22.3. The molecule has 0 bridgehead atoms. The fourth-order valence-electron chi connectivity index (χ4n) is 1.15. The summed E-state index contributed by atoms with van der Waals surface area (Å²) >= 11 is 2.93. The molecule has 7 heteroatoms. The zero-order valence-corrected chi connectivity index (χ0v) is 13.7. The second kappa shape index (κ2) is 32.0. The Bertz CT molecular complexity index is 507. The standard InChI is InChI=1S/C11H13N.5CO.Cr/c1-4-12-11-8-6-5-7-10(11)9(2)3;5*1-2;/h5-8,12H,2H2,1,3H3;;;;;;. The first-order chi connectivity index (χ1) is 11.1. The quantitative estimate of drug-likeness (QED) is 0.655. The van der Waals surface area contributed by atoms with Crippen molar-refractivity contribution in [3.8, 4) is 0 Å². The Balaban J connectivity index is -0.0000000923. The summed E-state index contributed by atoms with van der Waals surface area (Å²) in [5, 5.41) is 3.25. The zero-order chi connectivity index (χ0) is 19.8. The molecule has 118 valence electrons. The van der Waals surface area contributed by atoms with Crippen LogP contribution in [0, 0.1) is 33.3 Å². The summed E-state index contributed by atoms with van der Waals surface area (Å²) < 4.78 is 38.6. The Hall–Kier alpha value is -2.14. The second-order valence-electron chi connectivity index (χ2n) is 3.01. The number of rotatable bonds is 3. The van der Waals surface area contributed by atoms with Gasteiger partial charge in [0.15, 0.2) is 0 Å². The fraction of sp³-hybridized carbons (Fsp3) is 0.125. The predicted molar refractivity (Wildman–Crippen MR) is 75.1 cm³/mol. The van der Waals surface area contributed by atoms with Gasteiger partial charge in [-0.05, 0) is 0 Å². The first kappa shape index (κ1) is 32.7. The molecule has 1 aromatic rings. The molecule has 0 heterocycles. The van der Waals surface area contributed by atoms with Crippen molar-refractivity contribution >= 4 is 15.8 Å². The van der Waals surface area contributed by atoms with Gasteiger partial charge in [0.2, 0.25) is 0 Å². The number of hydrogen-bond donors (Lipinski definition) is 1. The number of para-hydroxylation sites is 1. The Morgan fingerprint density at radius 3 is 1.52 bits per heavy atom. The summed E-state index contributed by atoms with van der Waals surface area (Å²) in [4.78, 5) is 0. The van der Waals surface area contributed by atoms with E-state index in [2.05, 4.69) is 67.1 Å². The van der Waals surface area contributed by atoms with Gasteiger partial charge in [-0.15, -0.1) is 0 Å². The van der Waals surface area contributed by atoms with Gasteiger partial charge in [-0.2, -0.15) is 0 Å². The topological polar surface area (TPSA) is 112 Å². The van der Waals surface area contributed by atoms with Crippen LogP contribution in [0.3, 0.4) is 0 Å². The molecule has 0 aromatic heterocycles. The van der Waals surface area contributed by atoms with Crippen LogP contribution < -0.4 is 5.32 Å². The van der Waals surface area contributed by atoms with Crippen molar-refractivity contribution in [2.75, 3.05) is 5.32 Å². The third-order valence-corrected chi connectivity index (χ3v) is 1.86. The molecule has 0 radical (unpaired) electrons. The van der Waals surface area contributed by atoms with Crippen molar-refractivity contribution in [1.82, 2.24) is 0 Å². The van der Waals surface area contributed by atoms with E-state index in [9.17, 15) is 0 Å². The van der Waals surface area contributed by atoms with Crippen LogP contribution in [0.2, 0.25) is 0 Å². The minimum absolute atomic E-state index is 1.06. The van der Waals surface area contributed by atoms with Crippen molar-refractivity contribution in [1.29, 1.82) is 0 Å². The normalized spacial score (nSPS) is 5.74. The molecule has 0 spiro atoms. The zero-order valence-electron chi connectivity index (χ0n) is 12.5. The van der Waals surface area contributed by atoms with Crippen LogP contribution in [0.15, 0.2) is 30.8 Å². The first-order valence-corrected chi connectivity index (χ1v) is 5.79. The number of hydrogen-bond acceptors (Lipinski definition) is 1. The van der Waals surface area contributed by atoms with Crippen molar-refractivity contribution < 1.29 is 39.1 Å². The van der Waals surface area contributed by atoms with Gasteiger partial charge in [-0.3, -0.25) is 0 Å². The molecule has 0 fully saturated rings. The van der Waals surface area contributed by atoms with E-state index in [-0.39, 0.29) is 0 Å². The second-order valence-corrected chi connectivity index (χ2v) is 3.96. The summed E-state index contributed by atoms with van der Waals surface area (Å²) in [6.07, 6.45) is 0. The molecule has 0 atom stereocenters. The molecule has 0 saturated heterocycles. The van der Waals surface area contributed by atoms with E-state index in [1.807, 2.05) is 32.0 Å². The maximum absolute atomic E-state index is 7.50. The van der Waals surface area contributed by atoms with E-state index < -0.39 is 0 Å². The minimum atomic E-state index is 1.06. The van der Waals surface area contributed by atoms with E-state index in [0.29, 0.717) is 0 Å². The molecule has 6 nitrogen and oxygen atoms in total. The molecule has 1 aromatic carbocycles. The third-order valence-electron chi connectivity index (χ3n) is 1.70. The Morgan fingerprint density at radius 2 is 1.22 bits per heavy atom. The van der Waals surface area contributed by atoms with Gasteiger partial charge >= 0.3 is 144 Å². The molecule has 0 aliphatic carbocycles. The van der Waals surface area contributed by atoms with Crippen LogP contribution in [0.25, 0.3) is 5.57 Å². The molecule has 0 amide bonds. The monoisotopic (exact) mass is 351 g/mol. The van der Waals surface area contributed by atoms with Crippen LogP contribution in [-0.2, 0) is 39.1 Å². The molecule has 23 heavy (non-hydrogen) atoms. The van der Waals surface area contributed by atoms with E-state index >= 15 is 0 Å². The van der Waals surface area contributed by atoms with Gasteiger partial charge in [0.05, 0.1) is 0 Å². The Labute approximate surface area is 144 Å². The Morgan fingerprint density at radius 1 is 0.870 bits per heavy atom. The molecule has 0 aliphatic heterocycles. The van der Waals surface area contributed by atoms with Gasteiger partial charge in [0.1, 0.15) is 0 Å². The van der Waals surface area contributed by atoms with Crippen LogP contribution in [0.1, 0.15) is 19.4 Å². The summed E-state index contributed by atoms with van der Waals surface area (Å²) in [6, 6.07) is 8.14. The van der Waals surface area contributed by atoms with Crippen LogP contribution in [0.5, 0.6) is 0 Å². The average molecular weight is 351 g/mol.